The summed E-state index contributed by atoms with van der Waals surface area (Å²) >= 11 is 2.01. The largest absolute Gasteiger partial charge is 0.380 e. The lowest BCUT2D eigenvalue weighted by molar-refractivity contribution is -0.118. The fourth-order valence-electron chi connectivity index (χ4n) is 2.59. The van der Waals surface area contributed by atoms with Gasteiger partial charge in [0.1, 0.15) is 0 Å². The number of aryl methyl sites for hydroxylation is 1. The van der Waals surface area contributed by atoms with Gasteiger partial charge in [-0.2, -0.15) is 11.8 Å². The second kappa shape index (κ2) is 9.27. The van der Waals surface area contributed by atoms with Crippen LogP contribution in [0.2, 0.25) is 0 Å². The standard InChI is InChI=1S/C17H27N3O2S/c1-13-3-4-14(12-20-5-7-23-8-6-20)9-16(13)19-17(21)10-15(11-18)22-2/h3-4,9,15H,5-8,10-12,18H2,1-2H3,(H,19,21). The Kier molecular flexibility index (Phi) is 7.36. The molecule has 23 heavy (non-hydrogen) atoms. The fraction of sp³-hybridized carbons (Fsp3) is 0.588. The monoisotopic (exact) mass is 337 g/mol. The number of methoxy groups -OCH3 is 1. The summed E-state index contributed by atoms with van der Waals surface area (Å²) in [6, 6.07) is 6.30. The van der Waals surface area contributed by atoms with E-state index < -0.39 is 0 Å². The molecular weight excluding hydrogens is 310 g/mol. The van der Waals surface area contributed by atoms with Crippen molar-refractivity contribution in [3.05, 3.63) is 29.3 Å². The number of nitrogens with one attached hydrogen (secondary N) is 1. The number of hydrogen-bond acceptors (Lipinski definition) is 5. The number of hydrogen-bond donors (Lipinski definition) is 2. The van der Waals surface area contributed by atoms with Gasteiger partial charge in [-0.05, 0) is 24.1 Å². The summed E-state index contributed by atoms with van der Waals surface area (Å²) in [7, 11) is 1.58. The lowest BCUT2D eigenvalue weighted by atomic mass is 10.1. The summed E-state index contributed by atoms with van der Waals surface area (Å²) in [6.07, 6.45) is 0.0457. The molecule has 1 aliphatic heterocycles. The first-order valence-corrected chi connectivity index (χ1v) is 9.20. The van der Waals surface area contributed by atoms with E-state index in [-0.39, 0.29) is 18.4 Å². The average Bonchev–Trinajstić information content (AvgIpc) is 2.56. The average molecular weight is 337 g/mol. The van der Waals surface area contributed by atoms with Crippen LogP contribution >= 0.6 is 11.8 Å². The van der Waals surface area contributed by atoms with Crippen molar-refractivity contribution in [2.75, 3.05) is 43.6 Å². The number of anilines is 1. The third-order valence-corrected chi connectivity index (χ3v) is 5.04. The summed E-state index contributed by atoms with van der Waals surface area (Å²) in [5.41, 5.74) is 8.75. The van der Waals surface area contributed by atoms with Crippen LogP contribution in [0.3, 0.4) is 0 Å². The molecule has 2 rings (SSSR count). The molecule has 1 aromatic carbocycles. The van der Waals surface area contributed by atoms with Gasteiger partial charge in [-0.15, -0.1) is 0 Å². The topological polar surface area (TPSA) is 67.6 Å². The molecule has 0 spiro atoms. The van der Waals surface area contributed by atoms with E-state index in [4.69, 9.17) is 10.5 Å². The molecule has 3 N–H and O–H groups in total. The van der Waals surface area contributed by atoms with Crippen LogP contribution in [0.4, 0.5) is 5.69 Å². The van der Waals surface area contributed by atoms with Crippen molar-refractivity contribution in [3.8, 4) is 0 Å². The number of ether oxygens (including phenoxy) is 1. The molecule has 0 bridgehead atoms. The third-order valence-electron chi connectivity index (χ3n) is 4.10. The van der Waals surface area contributed by atoms with Crippen molar-refractivity contribution >= 4 is 23.4 Å². The van der Waals surface area contributed by atoms with E-state index in [0.717, 1.165) is 30.9 Å². The Bertz CT molecular complexity index is 515. The van der Waals surface area contributed by atoms with Crippen molar-refractivity contribution < 1.29 is 9.53 Å². The molecule has 1 aliphatic rings. The molecule has 128 valence electrons. The molecule has 0 aliphatic carbocycles. The van der Waals surface area contributed by atoms with Gasteiger partial charge in [0, 0.05) is 50.5 Å². The number of nitrogens with zero attached hydrogens (tertiary/aromatic N) is 1. The van der Waals surface area contributed by atoms with Gasteiger partial charge in [0.2, 0.25) is 5.91 Å². The smallest absolute Gasteiger partial charge is 0.227 e. The summed E-state index contributed by atoms with van der Waals surface area (Å²) in [5.74, 6) is 2.34. The maximum absolute atomic E-state index is 12.1. The van der Waals surface area contributed by atoms with Crippen LogP contribution in [-0.4, -0.2) is 55.2 Å². The lowest BCUT2D eigenvalue weighted by Gasteiger charge is -2.26. The number of carbonyl (C=O) groups excluding carboxylic acids is 1. The van der Waals surface area contributed by atoms with Crippen LogP contribution in [0.5, 0.6) is 0 Å². The Balaban J connectivity index is 1.97. The van der Waals surface area contributed by atoms with Crippen molar-refractivity contribution in [1.82, 2.24) is 4.90 Å². The number of carbonyl (C=O) groups is 1. The molecule has 1 unspecified atom stereocenters. The van der Waals surface area contributed by atoms with Crippen molar-refractivity contribution in [2.24, 2.45) is 5.73 Å². The Morgan fingerprint density at radius 1 is 1.43 bits per heavy atom. The van der Waals surface area contributed by atoms with Gasteiger partial charge in [0.05, 0.1) is 12.5 Å². The highest BCUT2D eigenvalue weighted by molar-refractivity contribution is 7.99. The van der Waals surface area contributed by atoms with Crippen LogP contribution in [0.25, 0.3) is 0 Å². The van der Waals surface area contributed by atoms with Gasteiger partial charge in [-0.25, -0.2) is 0 Å². The zero-order chi connectivity index (χ0) is 16.7. The van der Waals surface area contributed by atoms with Crippen molar-refractivity contribution in [2.45, 2.75) is 26.0 Å². The molecule has 5 nitrogen and oxygen atoms in total. The molecule has 1 saturated heterocycles. The first-order valence-electron chi connectivity index (χ1n) is 8.04. The summed E-state index contributed by atoms with van der Waals surface area (Å²) in [6.45, 7) is 5.55. The van der Waals surface area contributed by atoms with Gasteiger partial charge in [0.15, 0.2) is 0 Å². The van der Waals surface area contributed by atoms with Crippen LogP contribution in [0.15, 0.2) is 18.2 Å². The predicted molar refractivity (Wildman–Crippen MR) is 96.9 cm³/mol. The molecule has 0 aromatic heterocycles. The van der Waals surface area contributed by atoms with Gasteiger partial charge in [0.25, 0.3) is 0 Å². The van der Waals surface area contributed by atoms with E-state index >= 15 is 0 Å². The number of nitrogens with two attached hydrogens (primary N) is 1. The molecular formula is C17H27N3O2S. The van der Waals surface area contributed by atoms with E-state index in [1.165, 1.54) is 17.1 Å². The maximum atomic E-state index is 12.1. The molecule has 1 amide bonds. The zero-order valence-corrected chi connectivity index (χ0v) is 14.8. The Morgan fingerprint density at radius 2 is 2.17 bits per heavy atom. The fourth-order valence-corrected chi connectivity index (χ4v) is 3.57. The van der Waals surface area contributed by atoms with Gasteiger partial charge >= 0.3 is 0 Å². The molecule has 0 saturated carbocycles. The zero-order valence-electron chi connectivity index (χ0n) is 14.0. The highest BCUT2D eigenvalue weighted by atomic mass is 32.2. The van der Waals surface area contributed by atoms with Gasteiger partial charge < -0.3 is 15.8 Å². The second-order valence-electron chi connectivity index (χ2n) is 5.88. The van der Waals surface area contributed by atoms with Gasteiger partial charge in [-0.3, -0.25) is 9.69 Å². The molecule has 1 aromatic rings. The van der Waals surface area contributed by atoms with E-state index in [1.807, 2.05) is 18.7 Å². The SMILES string of the molecule is COC(CN)CC(=O)Nc1cc(CN2CCSCC2)ccc1C. The minimum atomic E-state index is -0.232. The minimum absolute atomic E-state index is 0.0584. The van der Waals surface area contributed by atoms with Gasteiger partial charge in [-0.1, -0.05) is 12.1 Å². The van der Waals surface area contributed by atoms with E-state index in [2.05, 4.69) is 28.4 Å². The normalized spacial score (nSPS) is 17.0. The number of amides is 1. The maximum Gasteiger partial charge on any atom is 0.227 e. The predicted octanol–water partition coefficient (Wildman–Crippen LogP) is 1.85. The Labute approximate surface area is 142 Å². The summed E-state index contributed by atoms with van der Waals surface area (Å²) in [4.78, 5) is 14.6. The third kappa shape index (κ3) is 5.80. The van der Waals surface area contributed by atoms with Crippen molar-refractivity contribution in [3.63, 3.8) is 0 Å². The van der Waals surface area contributed by atoms with Crippen LogP contribution < -0.4 is 11.1 Å². The molecule has 1 fully saturated rings. The number of benzene rings is 1. The molecule has 6 heteroatoms. The van der Waals surface area contributed by atoms with E-state index in [0.29, 0.717) is 6.54 Å². The van der Waals surface area contributed by atoms with E-state index in [9.17, 15) is 4.79 Å². The highest BCUT2D eigenvalue weighted by Crippen LogP contribution is 2.20. The summed E-state index contributed by atoms with van der Waals surface area (Å²) < 4.78 is 5.17. The molecule has 1 heterocycles. The first kappa shape index (κ1) is 18.3. The van der Waals surface area contributed by atoms with Crippen LogP contribution in [0.1, 0.15) is 17.5 Å². The first-order chi connectivity index (χ1) is 11.1. The Hall–Kier alpha value is -1.08. The Morgan fingerprint density at radius 3 is 2.83 bits per heavy atom. The number of thioether (sulfide) groups is 1. The minimum Gasteiger partial charge on any atom is -0.380 e. The highest BCUT2D eigenvalue weighted by Gasteiger charge is 2.14. The van der Waals surface area contributed by atoms with Crippen molar-refractivity contribution in [1.29, 1.82) is 0 Å². The number of rotatable bonds is 7. The van der Waals surface area contributed by atoms with Crippen LogP contribution in [0, 0.1) is 6.92 Å². The molecule has 0 radical (unpaired) electrons. The summed E-state index contributed by atoms with van der Waals surface area (Å²) in [5, 5.41) is 2.99. The quantitative estimate of drug-likeness (QED) is 0.795. The van der Waals surface area contributed by atoms with E-state index in [1.54, 1.807) is 7.11 Å². The molecule has 1 atom stereocenters. The van der Waals surface area contributed by atoms with Crippen LogP contribution in [-0.2, 0) is 16.1 Å². The lowest BCUT2D eigenvalue weighted by Crippen LogP contribution is -2.32. The second-order valence-corrected chi connectivity index (χ2v) is 7.11.